The number of aryl methyl sites for hydroxylation is 1. The van der Waals surface area contributed by atoms with Crippen molar-refractivity contribution in [2.45, 2.75) is 50.7 Å². The van der Waals surface area contributed by atoms with Gasteiger partial charge in [0.05, 0.1) is 17.5 Å². The number of carbonyl (C=O) groups is 2. The largest absolute Gasteiger partial charge is 0.519 e. The van der Waals surface area contributed by atoms with Crippen LogP contribution in [0.3, 0.4) is 0 Å². The van der Waals surface area contributed by atoms with Crippen LogP contribution >= 0.6 is 11.8 Å². The Morgan fingerprint density at radius 2 is 2.04 bits per heavy atom. The second kappa shape index (κ2) is 6.82. The molecule has 8 heteroatoms. The van der Waals surface area contributed by atoms with Gasteiger partial charge in [0.2, 0.25) is 0 Å². The van der Waals surface area contributed by atoms with Crippen LogP contribution in [-0.2, 0) is 15.3 Å². The van der Waals surface area contributed by atoms with E-state index in [-0.39, 0.29) is 17.6 Å². The number of rotatable bonds is 3. The van der Waals surface area contributed by atoms with E-state index in [0.717, 1.165) is 0 Å². The molecule has 0 bridgehead atoms. The molecule has 1 unspecified atom stereocenters. The zero-order chi connectivity index (χ0) is 17.2. The Morgan fingerprint density at radius 1 is 1.35 bits per heavy atom. The number of hydrogen-bond donors (Lipinski definition) is 0. The summed E-state index contributed by atoms with van der Waals surface area (Å²) in [5, 5.41) is -0.228. The summed E-state index contributed by atoms with van der Waals surface area (Å²) >= 11 is 1.39. The zero-order valence-corrected chi connectivity index (χ0v) is 14.5. The molecule has 1 aliphatic heterocycles. The van der Waals surface area contributed by atoms with E-state index in [1.807, 2.05) is 0 Å². The van der Waals surface area contributed by atoms with Crippen molar-refractivity contribution in [3.05, 3.63) is 22.1 Å². The van der Waals surface area contributed by atoms with E-state index >= 15 is 0 Å². The summed E-state index contributed by atoms with van der Waals surface area (Å²) in [7, 11) is 0. The van der Waals surface area contributed by atoms with Crippen LogP contribution in [-0.4, -0.2) is 40.7 Å². The van der Waals surface area contributed by atoms with Crippen molar-refractivity contribution in [1.29, 1.82) is 0 Å². The van der Waals surface area contributed by atoms with Gasteiger partial charge in [0, 0.05) is 6.54 Å². The van der Waals surface area contributed by atoms with E-state index in [4.69, 9.17) is 13.6 Å². The third kappa shape index (κ3) is 4.89. The molecule has 1 aromatic rings. The molecule has 0 aliphatic carbocycles. The van der Waals surface area contributed by atoms with Crippen LogP contribution < -0.4 is 5.82 Å². The molecule has 1 aromatic heterocycles. The van der Waals surface area contributed by atoms with E-state index in [2.05, 4.69) is 0 Å². The summed E-state index contributed by atoms with van der Waals surface area (Å²) in [6.45, 7) is 7.52. The minimum Gasteiger partial charge on any atom is -0.444 e. The van der Waals surface area contributed by atoms with Gasteiger partial charge in [-0.2, -0.15) is 0 Å². The van der Waals surface area contributed by atoms with Gasteiger partial charge < -0.3 is 18.5 Å². The van der Waals surface area contributed by atoms with Gasteiger partial charge in [-0.3, -0.25) is 4.79 Å². The van der Waals surface area contributed by atoms with E-state index in [0.29, 0.717) is 30.2 Å². The SMILES string of the molecule is Cc1oc(=O)oc1CSC1CCN(C(=O)OC(C)(C)C)CC1=O. The number of ether oxygens (including phenoxy) is 1. The molecule has 1 saturated heterocycles. The first-order valence-corrected chi connectivity index (χ1v) is 8.42. The molecule has 1 atom stereocenters. The summed E-state index contributed by atoms with van der Waals surface area (Å²) in [6.07, 6.45) is 0.0788. The Kier molecular flexibility index (Phi) is 5.23. The molecular formula is C15H21NO6S. The van der Waals surface area contributed by atoms with Gasteiger partial charge in [0.15, 0.2) is 11.5 Å². The molecule has 1 aliphatic rings. The molecule has 0 N–H and O–H groups in total. The molecule has 1 fully saturated rings. The highest BCUT2D eigenvalue weighted by atomic mass is 32.2. The van der Waals surface area contributed by atoms with Crippen molar-refractivity contribution in [3.63, 3.8) is 0 Å². The quantitative estimate of drug-likeness (QED) is 0.832. The molecule has 1 amide bonds. The average Bonchev–Trinajstić information content (AvgIpc) is 2.73. The van der Waals surface area contributed by atoms with Crippen molar-refractivity contribution >= 4 is 23.6 Å². The maximum Gasteiger partial charge on any atom is 0.519 e. The highest BCUT2D eigenvalue weighted by Gasteiger charge is 2.32. The topological polar surface area (TPSA) is 90.0 Å². The van der Waals surface area contributed by atoms with Crippen LogP contribution in [0.15, 0.2) is 13.6 Å². The second-order valence-electron chi connectivity index (χ2n) is 6.39. The summed E-state index contributed by atoms with van der Waals surface area (Å²) in [6, 6.07) is 0. The van der Waals surface area contributed by atoms with Gasteiger partial charge in [0.25, 0.3) is 0 Å². The molecule has 0 spiro atoms. The first kappa shape index (κ1) is 17.7. The number of hydrogen-bond acceptors (Lipinski definition) is 7. The molecule has 0 saturated carbocycles. The molecule has 128 valence electrons. The van der Waals surface area contributed by atoms with Gasteiger partial charge in [-0.25, -0.2) is 9.59 Å². The van der Waals surface area contributed by atoms with Crippen LogP contribution in [0.5, 0.6) is 0 Å². The Labute approximate surface area is 138 Å². The number of nitrogens with zero attached hydrogens (tertiary/aromatic N) is 1. The lowest BCUT2D eigenvalue weighted by Gasteiger charge is -2.32. The standard InChI is InChI=1S/C15H21NO6S/c1-9-11(21-14(19)20-9)8-23-12-5-6-16(7-10(12)17)13(18)22-15(2,3)4/h12H,5-8H2,1-4H3. The van der Waals surface area contributed by atoms with Gasteiger partial charge in [-0.05, 0) is 34.1 Å². The Bertz CT molecular complexity index is 641. The van der Waals surface area contributed by atoms with Crippen molar-refractivity contribution in [1.82, 2.24) is 4.90 Å². The Balaban J connectivity index is 1.87. The molecule has 2 heterocycles. The lowest BCUT2D eigenvalue weighted by molar-refractivity contribution is -0.121. The lowest BCUT2D eigenvalue weighted by atomic mass is 10.1. The zero-order valence-electron chi connectivity index (χ0n) is 13.7. The van der Waals surface area contributed by atoms with E-state index in [1.54, 1.807) is 27.7 Å². The number of Topliss-reactive ketones (excluding diaryl/α,β-unsaturated/α-hetero) is 1. The van der Waals surface area contributed by atoms with Crippen molar-refractivity contribution in [2.24, 2.45) is 0 Å². The third-order valence-electron chi connectivity index (χ3n) is 3.27. The number of ketones is 1. The summed E-state index contributed by atoms with van der Waals surface area (Å²) in [4.78, 5) is 36.6. The molecule has 23 heavy (non-hydrogen) atoms. The Hall–Kier alpha value is -1.70. The third-order valence-corrected chi connectivity index (χ3v) is 4.60. The van der Waals surface area contributed by atoms with Crippen LogP contribution in [0.1, 0.15) is 38.7 Å². The van der Waals surface area contributed by atoms with Gasteiger partial charge in [-0.15, -0.1) is 11.8 Å². The van der Waals surface area contributed by atoms with Gasteiger partial charge >= 0.3 is 11.9 Å². The predicted octanol–water partition coefficient (Wildman–Crippen LogP) is 2.35. The molecule has 0 aromatic carbocycles. The van der Waals surface area contributed by atoms with Crippen molar-refractivity contribution in [3.8, 4) is 0 Å². The molecule has 7 nitrogen and oxygen atoms in total. The number of amides is 1. The normalized spacial score (nSPS) is 19.0. The number of likely N-dealkylation sites (tertiary alicyclic amines) is 1. The van der Waals surface area contributed by atoms with Crippen LogP contribution in [0.4, 0.5) is 4.79 Å². The Morgan fingerprint density at radius 3 is 2.57 bits per heavy atom. The average molecular weight is 343 g/mol. The highest BCUT2D eigenvalue weighted by molar-refractivity contribution is 7.99. The van der Waals surface area contributed by atoms with Crippen molar-refractivity contribution < 1.29 is 23.2 Å². The first-order valence-electron chi connectivity index (χ1n) is 7.37. The second-order valence-corrected chi connectivity index (χ2v) is 7.58. The van der Waals surface area contributed by atoms with Crippen LogP contribution in [0, 0.1) is 6.92 Å². The van der Waals surface area contributed by atoms with Gasteiger partial charge in [0.1, 0.15) is 11.4 Å². The minimum atomic E-state index is -0.732. The van der Waals surface area contributed by atoms with E-state index in [9.17, 15) is 14.4 Å². The van der Waals surface area contributed by atoms with Gasteiger partial charge in [-0.1, -0.05) is 0 Å². The fourth-order valence-electron chi connectivity index (χ4n) is 2.14. The summed E-state index contributed by atoms with van der Waals surface area (Å²) in [5.41, 5.74) is -0.581. The lowest BCUT2D eigenvalue weighted by Crippen LogP contribution is -2.47. The summed E-state index contributed by atoms with van der Waals surface area (Å²) in [5.74, 6) is 0.503. The number of piperidine rings is 1. The monoisotopic (exact) mass is 343 g/mol. The van der Waals surface area contributed by atoms with Crippen LogP contribution in [0.2, 0.25) is 0 Å². The molecule has 0 radical (unpaired) electrons. The summed E-state index contributed by atoms with van der Waals surface area (Å²) < 4.78 is 15.0. The maximum atomic E-state index is 12.2. The molecular weight excluding hydrogens is 322 g/mol. The van der Waals surface area contributed by atoms with Crippen molar-refractivity contribution in [2.75, 3.05) is 13.1 Å². The highest BCUT2D eigenvalue weighted by Crippen LogP contribution is 2.26. The predicted molar refractivity (Wildman–Crippen MR) is 84.5 cm³/mol. The first-order chi connectivity index (χ1) is 10.7. The fourth-order valence-corrected chi connectivity index (χ4v) is 3.29. The molecule has 2 rings (SSSR count). The van der Waals surface area contributed by atoms with E-state index in [1.165, 1.54) is 16.7 Å². The number of carbonyl (C=O) groups excluding carboxylic acids is 2. The van der Waals surface area contributed by atoms with E-state index < -0.39 is 17.5 Å². The maximum absolute atomic E-state index is 12.2. The van der Waals surface area contributed by atoms with Crippen LogP contribution in [0.25, 0.3) is 0 Å². The fraction of sp³-hybridized carbons (Fsp3) is 0.667. The number of thioether (sulfide) groups is 1. The smallest absolute Gasteiger partial charge is 0.444 e. The minimum absolute atomic E-state index is 0.0318.